The van der Waals surface area contributed by atoms with Gasteiger partial charge in [-0.25, -0.2) is 18.6 Å². The number of aromatic nitrogens is 3. The number of carboxylic acid groups (broad SMARTS) is 1. The van der Waals surface area contributed by atoms with Gasteiger partial charge in [-0.1, -0.05) is 19.1 Å². The molecule has 3 atom stereocenters. The predicted octanol–water partition coefficient (Wildman–Crippen LogP) is 7.13. The number of halogens is 2. The van der Waals surface area contributed by atoms with Crippen molar-refractivity contribution in [2.75, 3.05) is 13.7 Å². The number of fused-ring (bicyclic) bond motifs is 4. The van der Waals surface area contributed by atoms with Crippen LogP contribution in [-0.2, 0) is 13.6 Å². The smallest absolute Gasteiger partial charge is 0.341 e. The average Bonchev–Trinajstić information content (AvgIpc) is 3.44. The van der Waals surface area contributed by atoms with Crippen LogP contribution in [0.4, 0.5) is 8.78 Å². The summed E-state index contributed by atoms with van der Waals surface area (Å²) >= 11 is 0. The predicted molar refractivity (Wildman–Crippen MR) is 170 cm³/mol. The Hall–Kier alpha value is -4.73. The van der Waals surface area contributed by atoms with Crippen LogP contribution in [0.25, 0.3) is 44.6 Å². The first-order chi connectivity index (χ1) is 22.1. The number of imidazole rings is 1. The van der Waals surface area contributed by atoms with E-state index >= 15 is 4.39 Å². The normalized spacial score (nSPS) is 20.7. The number of likely N-dealkylation sites (tertiary alicyclic amines) is 1. The summed E-state index contributed by atoms with van der Waals surface area (Å²) in [5.74, 6) is -1.00. The molecular formula is C36H34F2N4O4. The minimum atomic E-state index is -1.65. The van der Waals surface area contributed by atoms with Crippen LogP contribution < -0.4 is 4.74 Å². The Balaban J connectivity index is 1.25. The van der Waals surface area contributed by atoms with E-state index in [0.29, 0.717) is 46.0 Å². The first-order valence-corrected chi connectivity index (χ1v) is 15.8. The molecule has 2 saturated carbocycles. The summed E-state index contributed by atoms with van der Waals surface area (Å²) in [4.78, 5) is 32.4. The summed E-state index contributed by atoms with van der Waals surface area (Å²) in [6.07, 6.45) is 4.44. The molecule has 2 bridgehead atoms. The first-order valence-electron chi connectivity index (χ1n) is 15.8. The van der Waals surface area contributed by atoms with Crippen molar-refractivity contribution in [1.29, 1.82) is 0 Å². The van der Waals surface area contributed by atoms with Crippen molar-refractivity contribution in [1.82, 2.24) is 19.0 Å². The zero-order valence-corrected chi connectivity index (χ0v) is 25.9. The quantitative estimate of drug-likeness (QED) is 0.208. The van der Waals surface area contributed by atoms with Crippen LogP contribution in [0, 0.1) is 29.4 Å². The number of piperidine rings is 1. The van der Waals surface area contributed by atoms with E-state index < -0.39 is 23.2 Å². The molecule has 2 unspecified atom stereocenters. The van der Waals surface area contributed by atoms with E-state index in [1.165, 1.54) is 12.5 Å². The largest absolute Gasteiger partial charge is 0.494 e. The van der Waals surface area contributed by atoms with Gasteiger partial charge in [-0.05, 0) is 85.4 Å². The third kappa shape index (κ3) is 4.33. The van der Waals surface area contributed by atoms with Crippen molar-refractivity contribution >= 4 is 33.8 Å². The lowest BCUT2D eigenvalue weighted by atomic mass is 10.0. The molecule has 3 aromatic carbocycles. The van der Waals surface area contributed by atoms with Gasteiger partial charge in [0, 0.05) is 48.2 Å². The number of methoxy groups -OCH3 is 1. The van der Waals surface area contributed by atoms with Crippen molar-refractivity contribution in [2.24, 2.45) is 24.8 Å². The van der Waals surface area contributed by atoms with Crippen molar-refractivity contribution in [3.05, 3.63) is 71.3 Å². The molecule has 0 spiro atoms. The first kappa shape index (κ1) is 28.7. The van der Waals surface area contributed by atoms with Crippen LogP contribution in [-0.4, -0.2) is 55.7 Å². The lowest BCUT2D eigenvalue weighted by molar-refractivity contribution is 0.0681. The van der Waals surface area contributed by atoms with Gasteiger partial charge in [0.1, 0.15) is 28.5 Å². The summed E-state index contributed by atoms with van der Waals surface area (Å²) in [5, 5.41) is 10.3. The van der Waals surface area contributed by atoms with Gasteiger partial charge in [0.2, 0.25) is 0 Å². The summed E-state index contributed by atoms with van der Waals surface area (Å²) < 4.78 is 39.4. The molecule has 3 fully saturated rings. The fourth-order valence-corrected chi connectivity index (χ4v) is 7.86. The molecule has 2 aliphatic carbocycles. The minimum absolute atomic E-state index is 0.0147. The maximum absolute atomic E-state index is 15.3. The number of benzene rings is 3. The van der Waals surface area contributed by atoms with Gasteiger partial charge >= 0.3 is 5.97 Å². The number of carboxylic acids is 1. The highest BCUT2D eigenvalue weighted by Crippen LogP contribution is 2.44. The number of hydrogen-bond acceptors (Lipinski definition) is 4. The van der Waals surface area contributed by atoms with E-state index in [2.05, 4.69) is 11.5 Å². The molecular weight excluding hydrogens is 590 g/mol. The molecule has 1 N–H and O–H groups in total. The monoisotopic (exact) mass is 624 g/mol. The van der Waals surface area contributed by atoms with Crippen LogP contribution in [0.2, 0.25) is 0 Å². The standard InChI is InChI=1S/C36H34F2N4O4/c1-18-22-8-11-27(18)42(17-22)35(43)23-12-26-33(30(15-23)46-3)40(2)34(39-26)29-14-21-7-6-20(13-28(21)41(29)16-19-4-5-19)24-9-10-25(37)31(32(24)38)36(44)45/h6-7,9-10,12-15,18-19,22,27H,4-5,8,11,16-17H2,1-3H3,(H,44,45)/t18-,22?,27?/m1/s1. The van der Waals surface area contributed by atoms with Crippen LogP contribution in [0.3, 0.4) is 0 Å². The van der Waals surface area contributed by atoms with Gasteiger partial charge in [0.05, 0.1) is 18.3 Å². The molecule has 3 aliphatic rings. The van der Waals surface area contributed by atoms with E-state index in [4.69, 9.17) is 9.72 Å². The second-order valence-corrected chi connectivity index (χ2v) is 13.2. The molecule has 0 radical (unpaired) electrons. The zero-order chi connectivity index (χ0) is 32.0. The Morgan fingerprint density at radius 3 is 2.52 bits per heavy atom. The fraction of sp³-hybridized carbons (Fsp3) is 0.361. The Morgan fingerprint density at radius 2 is 1.85 bits per heavy atom. The molecule has 8 nitrogen and oxygen atoms in total. The van der Waals surface area contributed by atoms with Gasteiger partial charge in [0.25, 0.3) is 5.91 Å². The van der Waals surface area contributed by atoms with E-state index in [1.54, 1.807) is 13.2 Å². The van der Waals surface area contributed by atoms with Crippen LogP contribution in [0.1, 0.15) is 53.3 Å². The number of nitrogens with zero attached hydrogens (tertiary/aromatic N) is 4. The number of ether oxygens (including phenoxy) is 1. The summed E-state index contributed by atoms with van der Waals surface area (Å²) in [6, 6.07) is 13.7. The Kier molecular flexibility index (Phi) is 6.49. The third-order valence-electron chi connectivity index (χ3n) is 10.6. The van der Waals surface area contributed by atoms with Gasteiger partial charge in [-0.2, -0.15) is 0 Å². The molecule has 1 amide bonds. The van der Waals surface area contributed by atoms with E-state index in [9.17, 15) is 19.1 Å². The second-order valence-electron chi connectivity index (χ2n) is 13.2. The molecule has 236 valence electrons. The fourth-order valence-electron chi connectivity index (χ4n) is 7.86. The van der Waals surface area contributed by atoms with Gasteiger partial charge in [-0.15, -0.1) is 0 Å². The van der Waals surface area contributed by atoms with Crippen molar-refractivity contribution < 1.29 is 28.2 Å². The Bertz CT molecular complexity index is 2100. The SMILES string of the molecule is COc1cc(C(=O)N2CC3CCC2[C@@H]3C)cc2nc(-c3cc4ccc(-c5ccc(F)c(C(=O)O)c5F)cc4n3CC3CC3)n(C)c12. The highest BCUT2D eigenvalue weighted by Gasteiger charge is 2.46. The number of aryl methyl sites for hydroxylation is 1. The molecule has 3 heterocycles. The van der Waals surface area contributed by atoms with Crippen LogP contribution in [0.5, 0.6) is 5.75 Å². The second kappa shape index (κ2) is 10.4. The summed E-state index contributed by atoms with van der Waals surface area (Å²) in [6.45, 7) is 3.77. The van der Waals surface area contributed by atoms with Crippen LogP contribution in [0.15, 0.2) is 48.5 Å². The zero-order valence-electron chi connectivity index (χ0n) is 25.9. The van der Waals surface area contributed by atoms with E-state index in [0.717, 1.165) is 60.5 Å². The maximum atomic E-state index is 15.3. The molecule has 1 saturated heterocycles. The average molecular weight is 625 g/mol. The highest BCUT2D eigenvalue weighted by molar-refractivity contribution is 6.01. The molecule has 8 rings (SSSR count). The molecule has 2 aromatic heterocycles. The Labute approximate surface area is 264 Å². The molecule has 1 aliphatic heterocycles. The molecule has 10 heteroatoms. The topological polar surface area (TPSA) is 89.6 Å². The van der Waals surface area contributed by atoms with Gasteiger partial charge in [-0.3, -0.25) is 4.79 Å². The number of aromatic carboxylic acids is 1. The van der Waals surface area contributed by atoms with Crippen molar-refractivity contribution in [3.63, 3.8) is 0 Å². The Morgan fingerprint density at radius 1 is 1.04 bits per heavy atom. The summed E-state index contributed by atoms with van der Waals surface area (Å²) in [7, 11) is 3.53. The summed E-state index contributed by atoms with van der Waals surface area (Å²) in [5.41, 5.74) is 3.22. The van der Waals surface area contributed by atoms with Gasteiger partial charge in [0.15, 0.2) is 5.82 Å². The van der Waals surface area contributed by atoms with Crippen LogP contribution >= 0.6 is 0 Å². The molecule has 5 aromatic rings. The third-order valence-corrected chi connectivity index (χ3v) is 10.6. The molecule has 46 heavy (non-hydrogen) atoms. The number of carbonyl (C=O) groups is 2. The highest BCUT2D eigenvalue weighted by atomic mass is 19.1. The lowest BCUT2D eigenvalue weighted by Gasteiger charge is -2.27. The van der Waals surface area contributed by atoms with Gasteiger partial charge < -0.3 is 23.9 Å². The van der Waals surface area contributed by atoms with Crippen molar-refractivity contribution in [3.8, 4) is 28.4 Å². The van der Waals surface area contributed by atoms with Crippen molar-refractivity contribution in [2.45, 2.75) is 45.2 Å². The number of amides is 1. The lowest BCUT2D eigenvalue weighted by Crippen LogP contribution is -2.38. The maximum Gasteiger partial charge on any atom is 0.341 e. The number of hydrogen-bond donors (Lipinski definition) is 1. The number of carbonyl (C=O) groups excluding carboxylic acids is 1. The number of rotatable bonds is 7. The van der Waals surface area contributed by atoms with E-state index in [-0.39, 0.29) is 17.5 Å². The minimum Gasteiger partial charge on any atom is -0.494 e. The van der Waals surface area contributed by atoms with E-state index in [1.807, 2.05) is 46.8 Å².